The summed E-state index contributed by atoms with van der Waals surface area (Å²) in [6.07, 6.45) is 1.12. The molecule has 0 saturated heterocycles. The first-order valence-electron chi connectivity index (χ1n) is 3.81. The molecule has 1 rings (SSSR count). The lowest BCUT2D eigenvalue weighted by Crippen LogP contribution is -2.23. The van der Waals surface area contributed by atoms with Crippen LogP contribution in [0, 0.1) is 0 Å². The van der Waals surface area contributed by atoms with E-state index < -0.39 is 6.04 Å². The summed E-state index contributed by atoms with van der Waals surface area (Å²) >= 11 is 5.66. The molecule has 1 aromatic rings. The van der Waals surface area contributed by atoms with Crippen molar-refractivity contribution in [1.29, 1.82) is 0 Å². The Kier molecular flexibility index (Phi) is 3.28. The van der Waals surface area contributed by atoms with Crippen LogP contribution in [-0.4, -0.2) is 17.4 Å². The van der Waals surface area contributed by atoms with Crippen molar-refractivity contribution in [2.45, 2.75) is 12.5 Å². The Balaban J connectivity index is 2.79. The zero-order valence-electron chi connectivity index (χ0n) is 6.90. The van der Waals surface area contributed by atoms with Crippen LogP contribution in [0.15, 0.2) is 18.2 Å². The average Bonchev–Trinajstić information content (AvgIpc) is 2.11. The summed E-state index contributed by atoms with van der Waals surface area (Å²) in [6, 6.07) is 4.25. The van der Waals surface area contributed by atoms with Crippen LogP contribution in [0.1, 0.15) is 5.56 Å². The largest absolute Gasteiger partial charge is 0.506 e. The van der Waals surface area contributed by atoms with Crippen LogP contribution < -0.4 is 5.73 Å². The van der Waals surface area contributed by atoms with Crippen molar-refractivity contribution >= 4 is 17.9 Å². The van der Waals surface area contributed by atoms with Gasteiger partial charge in [0.15, 0.2) is 0 Å². The van der Waals surface area contributed by atoms with Crippen molar-refractivity contribution in [2.75, 3.05) is 0 Å². The van der Waals surface area contributed by atoms with Crippen molar-refractivity contribution in [3.8, 4) is 5.75 Å². The molecule has 0 aliphatic heterocycles. The smallest absolute Gasteiger partial charge is 0.137 e. The zero-order chi connectivity index (χ0) is 9.84. The van der Waals surface area contributed by atoms with E-state index in [0.717, 1.165) is 5.56 Å². The number of hydrogen-bond acceptors (Lipinski definition) is 3. The predicted molar refractivity (Wildman–Crippen MR) is 50.9 cm³/mol. The number of aldehydes is 1. The summed E-state index contributed by atoms with van der Waals surface area (Å²) in [4.78, 5) is 10.3. The van der Waals surface area contributed by atoms with Gasteiger partial charge < -0.3 is 15.6 Å². The Hall–Kier alpha value is -1.06. The Morgan fingerprint density at radius 3 is 2.85 bits per heavy atom. The maximum absolute atomic E-state index is 10.3. The highest BCUT2D eigenvalue weighted by atomic mass is 35.5. The minimum absolute atomic E-state index is 0.0325. The van der Waals surface area contributed by atoms with E-state index in [2.05, 4.69) is 0 Å². The minimum atomic E-state index is -0.513. The number of halogens is 1. The molecule has 0 radical (unpaired) electrons. The number of nitrogens with two attached hydrogens (primary N) is 1. The summed E-state index contributed by atoms with van der Waals surface area (Å²) < 4.78 is 0. The highest BCUT2D eigenvalue weighted by Crippen LogP contribution is 2.23. The van der Waals surface area contributed by atoms with E-state index in [0.29, 0.717) is 12.7 Å². The van der Waals surface area contributed by atoms with E-state index in [1.165, 1.54) is 6.07 Å². The molecule has 13 heavy (non-hydrogen) atoms. The van der Waals surface area contributed by atoms with Gasteiger partial charge in [-0.2, -0.15) is 0 Å². The van der Waals surface area contributed by atoms with Crippen molar-refractivity contribution in [3.63, 3.8) is 0 Å². The summed E-state index contributed by atoms with van der Waals surface area (Å²) in [5.41, 5.74) is 6.26. The number of phenolic OH excluding ortho intramolecular Hbond substituents is 1. The van der Waals surface area contributed by atoms with Crippen LogP contribution in [0.5, 0.6) is 5.75 Å². The number of carbonyl (C=O) groups is 1. The van der Waals surface area contributed by atoms with Crippen molar-refractivity contribution in [3.05, 3.63) is 28.8 Å². The average molecular weight is 200 g/mol. The van der Waals surface area contributed by atoms with Gasteiger partial charge in [-0.15, -0.1) is 0 Å². The molecule has 0 heterocycles. The van der Waals surface area contributed by atoms with E-state index in [1.807, 2.05) is 0 Å². The maximum atomic E-state index is 10.3. The van der Waals surface area contributed by atoms with Gasteiger partial charge in [-0.25, -0.2) is 0 Å². The fourth-order valence-electron chi connectivity index (χ4n) is 0.998. The van der Waals surface area contributed by atoms with Crippen LogP contribution in [-0.2, 0) is 11.2 Å². The highest BCUT2D eigenvalue weighted by molar-refractivity contribution is 6.32. The lowest BCUT2D eigenvalue weighted by atomic mass is 10.1. The summed E-state index contributed by atoms with van der Waals surface area (Å²) in [5, 5.41) is 9.38. The quantitative estimate of drug-likeness (QED) is 0.717. The normalized spacial score (nSPS) is 12.5. The Labute approximate surface area is 81.1 Å². The Morgan fingerprint density at radius 1 is 1.62 bits per heavy atom. The molecular weight excluding hydrogens is 190 g/mol. The summed E-state index contributed by atoms with van der Waals surface area (Å²) in [5.74, 6) is 0.0325. The second-order valence-corrected chi connectivity index (χ2v) is 3.20. The van der Waals surface area contributed by atoms with Gasteiger partial charge in [-0.05, 0) is 24.1 Å². The monoisotopic (exact) mass is 199 g/mol. The number of phenols is 1. The van der Waals surface area contributed by atoms with Crippen molar-refractivity contribution < 1.29 is 9.90 Å². The summed E-state index contributed by atoms with van der Waals surface area (Å²) in [7, 11) is 0. The lowest BCUT2D eigenvalue weighted by Gasteiger charge is -2.04. The van der Waals surface area contributed by atoms with Gasteiger partial charge >= 0.3 is 0 Å². The molecule has 0 saturated carbocycles. The third-order valence-electron chi connectivity index (χ3n) is 1.66. The SMILES string of the molecule is NC(C=O)Cc1ccc(O)c(Cl)c1. The molecule has 0 aromatic heterocycles. The van der Waals surface area contributed by atoms with E-state index >= 15 is 0 Å². The number of benzene rings is 1. The molecule has 0 aliphatic carbocycles. The van der Waals surface area contributed by atoms with Gasteiger partial charge in [0, 0.05) is 0 Å². The van der Waals surface area contributed by atoms with E-state index in [-0.39, 0.29) is 10.8 Å². The maximum Gasteiger partial charge on any atom is 0.137 e. The standard InChI is InChI=1S/C9H10ClNO2/c10-8-4-6(1-2-9(8)13)3-7(11)5-12/h1-2,4-5,7,13H,3,11H2. The predicted octanol–water partition coefficient (Wildman–Crippen LogP) is 1.11. The van der Waals surface area contributed by atoms with Crippen LogP contribution in [0.25, 0.3) is 0 Å². The first-order valence-corrected chi connectivity index (χ1v) is 4.19. The Morgan fingerprint density at radius 2 is 2.31 bits per heavy atom. The van der Waals surface area contributed by atoms with Gasteiger partial charge in [-0.1, -0.05) is 17.7 Å². The topological polar surface area (TPSA) is 63.3 Å². The van der Waals surface area contributed by atoms with Crippen LogP contribution >= 0.6 is 11.6 Å². The van der Waals surface area contributed by atoms with Gasteiger partial charge in [0.05, 0.1) is 11.1 Å². The second kappa shape index (κ2) is 4.25. The van der Waals surface area contributed by atoms with E-state index in [1.54, 1.807) is 12.1 Å². The number of rotatable bonds is 3. The van der Waals surface area contributed by atoms with Gasteiger partial charge in [0.1, 0.15) is 12.0 Å². The molecule has 70 valence electrons. The number of aromatic hydroxyl groups is 1. The van der Waals surface area contributed by atoms with Gasteiger partial charge in [0.2, 0.25) is 0 Å². The van der Waals surface area contributed by atoms with Crippen LogP contribution in [0.2, 0.25) is 5.02 Å². The molecule has 0 amide bonds. The highest BCUT2D eigenvalue weighted by Gasteiger charge is 2.04. The molecule has 3 nitrogen and oxygen atoms in total. The first kappa shape index (κ1) is 10.0. The van der Waals surface area contributed by atoms with Crippen LogP contribution in [0.3, 0.4) is 0 Å². The zero-order valence-corrected chi connectivity index (χ0v) is 7.66. The van der Waals surface area contributed by atoms with Gasteiger partial charge in [0.25, 0.3) is 0 Å². The third-order valence-corrected chi connectivity index (χ3v) is 1.96. The summed E-state index contributed by atoms with van der Waals surface area (Å²) in [6.45, 7) is 0. The Bertz CT molecular complexity index is 314. The molecule has 1 unspecified atom stereocenters. The molecule has 1 atom stereocenters. The third kappa shape index (κ3) is 2.72. The molecule has 0 aliphatic rings. The molecule has 0 fully saturated rings. The van der Waals surface area contributed by atoms with Crippen LogP contribution in [0.4, 0.5) is 0 Å². The van der Waals surface area contributed by atoms with Gasteiger partial charge in [-0.3, -0.25) is 0 Å². The number of carbonyl (C=O) groups excluding carboxylic acids is 1. The lowest BCUT2D eigenvalue weighted by molar-refractivity contribution is -0.108. The molecule has 3 N–H and O–H groups in total. The van der Waals surface area contributed by atoms with Crippen molar-refractivity contribution in [2.24, 2.45) is 5.73 Å². The fourth-order valence-corrected chi connectivity index (χ4v) is 1.20. The minimum Gasteiger partial charge on any atom is -0.506 e. The van der Waals surface area contributed by atoms with E-state index in [9.17, 15) is 4.79 Å². The van der Waals surface area contributed by atoms with E-state index in [4.69, 9.17) is 22.4 Å². The first-order chi connectivity index (χ1) is 6.13. The molecule has 0 bridgehead atoms. The number of hydrogen-bond donors (Lipinski definition) is 2. The molecule has 0 spiro atoms. The molecule has 4 heteroatoms. The van der Waals surface area contributed by atoms with Crippen molar-refractivity contribution in [1.82, 2.24) is 0 Å². The molecule has 1 aromatic carbocycles. The second-order valence-electron chi connectivity index (χ2n) is 2.79. The fraction of sp³-hybridized carbons (Fsp3) is 0.222. The molecular formula is C9H10ClNO2.